The highest BCUT2D eigenvalue weighted by Crippen LogP contribution is 2.31. The quantitative estimate of drug-likeness (QED) is 0.774. The number of hydrogen-bond donors (Lipinski definition) is 1. The van der Waals surface area contributed by atoms with Gasteiger partial charge in [0.05, 0.1) is 7.11 Å². The first-order chi connectivity index (χ1) is 10.1. The summed E-state index contributed by atoms with van der Waals surface area (Å²) in [6, 6.07) is 9.35. The molecule has 118 valence electrons. The highest BCUT2D eigenvalue weighted by molar-refractivity contribution is 5.35. The molecule has 0 spiro atoms. The molecule has 1 fully saturated rings. The zero-order chi connectivity index (χ0) is 15.2. The molecule has 1 aromatic carbocycles. The zero-order valence-electron chi connectivity index (χ0n) is 14.1. The molecular weight excluding hydrogens is 258 g/mol. The summed E-state index contributed by atoms with van der Waals surface area (Å²) >= 11 is 0. The van der Waals surface area contributed by atoms with Crippen LogP contribution in [0.4, 0.5) is 0 Å². The number of para-hydroxylation sites is 1. The molecule has 0 aliphatic heterocycles. The molecule has 0 bridgehead atoms. The molecule has 21 heavy (non-hydrogen) atoms. The van der Waals surface area contributed by atoms with Crippen molar-refractivity contribution in [3.63, 3.8) is 0 Å². The fourth-order valence-electron chi connectivity index (χ4n) is 3.63. The summed E-state index contributed by atoms with van der Waals surface area (Å²) in [6.45, 7) is 6.99. The molecular formula is C19H31NO. The molecule has 3 atom stereocenters. The van der Waals surface area contributed by atoms with E-state index in [2.05, 4.69) is 44.3 Å². The topological polar surface area (TPSA) is 21.3 Å². The van der Waals surface area contributed by atoms with E-state index in [1.807, 2.05) is 6.07 Å². The van der Waals surface area contributed by atoms with Crippen molar-refractivity contribution in [1.82, 2.24) is 5.32 Å². The molecule has 2 heteroatoms. The minimum absolute atomic E-state index is 0.349. The number of ether oxygens (including phenoxy) is 1. The fourth-order valence-corrected chi connectivity index (χ4v) is 3.63. The van der Waals surface area contributed by atoms with Gasteiger partial charge in [0.15, 0.2) is 0 Å². The Labute approximate surface area is 130 Å². The average Bonchev–Trinajstić information content (AvgIpc) is 2.72. The Kier molecular flexibility index (Phi) is 6.10. The van der Waals surface area contributed by atoms with Crippen LogP contribution in [0.3, 0.4) is 0 Å². The Bertz CT molecular complexity index is 429. The van der Waals surface area contributed by atoms with Gasteiger partial charge in [0.1, 0.15) is 5.75 Å². The standard InChI is InChI=1S/C19H31NO/c1-14(2)16-8-7-9-17(13-12-16)20-15(3)18-10-5-6-11-19(18)21-4/h5-6,10-11,14-17,20H,7-9,12-13H2,1-4H3. The molecule has 1 aliphatic rings. The van der Waals surface area contributed by atoms with Gasteiger partial charge in [0.25, 0.3) is 0 Å². The van der Waals surface area contributed by atoms with Crippen LogP contribution >= 0.6 is 0 Å². The monoisotopic (exact) mass is 289 g/mol. The Hall–Kier alpha value is -1.02. The van der Waals surface area contributed by atoms with Crippen LogP contribution in [0.1, 0.15) is 64.5 Å². The Balaban J connectivity index is 1.95. The van der Waals surface area contributed by atoms with E-state index in [-0.39, 0.29) is 0 Å². The molecule has 2 rings (SSSR count). The van der Waals surface area contributed by atoms with Crippen molar-refractivity contribution >= 4 is 0 Å². The highest BCUT2D eigenvalue weighted by atomic mass is 16.5. The normalized spacial score (nSPS) is 24.6. The SMILES string of the molecule is COc1ccccc1C(C)NC1CCCC(C(C)C)CC1. The number of benzene rings is 1. The van der Waals surface area contributed by atoms with Gasteiger partial charge < -0.3 is 10.1 Å². The van der Waals surface area contributed by atoms with Crippen LogP contribution in [0.2, 0.25) is 0 Å². The molecule has 1 saturated carbocycles. The minimum atomic E-state index is 0.349. The summed E-state index contributed by atoms with van der Waals surface area (Å²) in [5.41, 5.74) is 1.27. The smallest absolute Gasteiger partial charge is 0.123 e. The summed E-state index contributed by atoms with van der Waals surface area (Å²) in [7, 11) is 1.75. The van der Waals surface area contributed by atoms with Gasteiger partial charge >= 0.3 is 0 Å². The average molecular weight is 289 g/mol. The molecule has 1 aliphatic carbocycles. The molecule has 0 aromatic heterocycles. The second kappa shape index (κ2) is 7.84. The maximum Gasteiger partial charge on any atom is 0.123 e. The predicted octanol–water partition coefficient (Wildman–Crippen LogP) is 4.95. The van der Waals surface area contributed by atoms with Crippen LogP contribution in [-0.2, 0) is 0 Å². The highest BCUT2D eigenvalue weighted by Gasteiger charge is 2.22. The number of nitrogens with one attached hydrogen (secondary N) is 1. The van der Waals surface area contributed by atoms with E-state index >= 15 is 0 Å². The van der Waals surface area contributed by atoms with Crippen LogP contribution < -0.4 is 10.1 Å². The van der Waals surface area contributed by atoms with E-state index in [9.17, 15) is 0 Å². The molecule has 0 saturated heterocycles. The number of methoxy groups -OCH3 is 1. The molecule has 3 unspecified atom stereocenters. The Morgan fingerprint density at radius 1 is 1.05 bits per heavy atom. The lowest BCUT2D eigenvalue weighted by Crippen LogP contribution is -2.31. The zero-order valence-corrected chi connectivity index (χ0v) is 14.1. The summed E-state index contributed by atoms with van der Waals surface area (Å²) in [6.07, 6.45) is 6.75. The van der Waals surface area contributed by atoms with Crippen LogP contribution in [0.15, 0.2) is 24.3 Å². The summed E-state index contributed by atoms with van der Waals surface area (Å²) in [4.78, 5) is 0. The van der Waals surface area contributed by atoms with Gasteiger partial charge in [-0.3, -0.25) is 0 Å². The van der Waals surface area contributed by atoms with Gasteiger partial charge in [-0.2, -0.15) is 0 Å². The van der Waals surface area contributed by atoms with Gasteiger partial charge in [0.2, 0.25) is 0 Å². The minimum Gasteiger partial charge on any atom is -0.496 e. The van der Waals surface area contributed by atoms with Crippen LogP contribution in [-0.4, -0.2) is 13.2 Å². The first kappa shape index (κ1) is 16.4. The second-order valence-electron chi connectivity index (χ2n) is 6.84. The summed E-state index contributed by atoms with van der Waals surface area (Å²) in [5, 5.41) is 3.83. The largest absolute Gasteiger partial charge is 0.496 e. The second-order valence-corrected chi connectivity index (χ2v) is 6.84. The van der Waals surface area contributed by atoms with Crippen molar-refractivity contribution < 1.29 is 4.74 Å². The molecule has 1 aromatic rings. The van der Waals surface area contributed by atoms with E-state index in [0.29, 0.717) is 12.1 Å². The van der Waals surface area contributed by atoms with Gasteiger partial charge in [-0.25, -0.2) is 0 Å². The Morgan fingerprint density at radius 2 is 1.81 bits per heavy atom. The van der Waals surface area contributed by atoms with Crippen molar-refractivity contribution in [2.75, 3.05) is 7.11 Å². The van der Waals surface area contributed by atoms with E-state index in [4.69, 9.17) is 4.74 Å². The maximum absolute atomic E-state index is 5.49. The van der Waals surface area contributed by atoms with Crippen LogP contribution in [0, 0.1) is 11.8 Å². The third-order valence-electron chi connectivity index (χ3n) is 5.05. The summed E-state index contributed by atoms with van der Waals surface area (Å²) in [5.74, 6) is 2.74. The lowest BCUT2D eigenvalue weighted by molar-refractivity contribution is 0.334. The summed E-state index contributed by atoms with van der Waals surface area (Å²) < 4.78 is 5.49. The van der Waals surface area contributed by atoms with Crippen LogP contribution in [0.25, 0.3) is 0 Å². The first-order valence-electron chi connectivity index (χ1n) is 8.50. The maximum atomic E-state index is 5.49. The van der Waals surface area contributed by atoms with E-state index in [0.717, 1.165) is 17.6 Å². The van der Waals surface area contributed by atoms with Crippen molar-refractivity contribution in [3.05, 3.63) is 29.8 Å². The van der Waals surface area contributed by atoms with Gasteiger partial charge in [-0.05, 0) is 44.1 Å². The lowest BCUT2D eigenvalue weighted by atomic mass is 9.89. The van der Waals surface area contributed by atoms with Crippen LogP contribution in [0.5, 0.6) is 5.75 Å². The van der Waals surface area contributed by atoms with E-state index in [1.165, 1.54) is 37.7 Å². The van der Waals surface area contributed by atoms with E-state index < -0.39 is 0 Å². The third-order valence-corrected chi connectivity index (χ3v) is 5.05. The lowest BCUT2D eigenvalue weighted by Gasteiger charge is -2.24. The molecule has 1 N–H and O–H groups in total. The third kappa shape index (κ3) is 4.47. The van der Waals surface area contributed by atoms with Gasteiger partial charge in [-0.15, -0.1) is 0 Å². The number of rotatable bonds is 5. The van der Waals surface area contributed by atoms with Crippen molar-refractivity contribution in [2.24, 2.45) is 11.8 Å². The molecule has 0 radical (unpaired) electrons. The van der Waals surface area contributed by atoms with Gasteiger partial charge in [-0.1, -0.05) is 44.9 Å². The van der Waals surface area contributed by atoms with Crippen molar-refractivity contribution in [1.29, 1.82) is 0 Å². The van der Waals surface area contributed by atoms with Gasteiger partial charge in [0, 0.05) is 17.6 Å². The fraction of sp³-hybridized carbons (Fsp3) is 0.684. The first-order valence-corrected chi connectivity index (χ1v) is 8.50. The molecule has 2 nitrogen and oxygen atoms in total. The van der Waals surface area contributed by atoms with Crippen molar-refractivity contribution in [2.45, 2.75) is 65.0 Å². The predicted molar refractivity (Wildman–Crippen MR) is 89.7 cm³/mol. The molecule has 0 amide bonds. The molecule has 0 heterocycles. The Morgan fingerprint density at radius 3 is 2.52 bits per heavy atom. The number of hydrogen-bond acceptors (Lipinski definition) is 2. The van der Waals surface area contributed by atoms with E-state index in [1.54, 1.807) is 7.11 Å². The van der Waals surface area contributed by atoms with Crippen molar-refractivity contribution in [3.8, 4) is 5.75 Å².